The van der Waals surface area contributed by atoms with Crippen molar-refractivity contribution < 1.29 is 19.1 Å². The summed E-state index contributed by atoms with van der Waals surface area (Å²) in [5, 5.41) is 7.68. The summed E-state index contributed by atoms with van der Waals surface area (Å²) in [6, 6.07) is 5.23. The van der Waals surface area contributed by atoms with Crippen molar-refractivity contribution in [1.82, 2.24) is 10.9 Å². The molecule has 0 fully saturated rings. The fourth-order valence-corrected chi connectivity index (χ4v) is 2.07. The van der Waals surface area contributed by atoms with E-state index in [4.69, 9.17) is 9.47 Å². The molecule has 2 N–H and O–H groups in total. The van der Waals surface area contributed by atoms with Crippen molar-refractivity contribution in [2.45, 2.75) is 13.3 Å². The monoisotopic (exact) mass is 318 g/mol. The van der Waals surface area contributed by atoms with Crippen molar-refractivity contribution >= 4 is 23.7 Å². The molecular formula is C15H18N4O4. The number of rotatable bonds is 6. The first-order valence-corrected chi connectivity index (χ1v) is 6.93. The Morgan fingerprint density at radius 3 is 2.83 bits per heavy atom. The lowest BCUT2D eigenvalue weighted by Crippen LogP contribution is -2.29. The number of nitrogens with one attached hydrogen (secondary N) is 2. The predicted octanol–water partition coefficient (Wildman–Crippen LogP) is 0.666. The smallest absolute Gasteiger partial charge is 0.249 e. The Labute approximate surface area is 133 Å². The SMILES string of the molecule is COc1ccc(OC)c(/C=N\NC(=O)C[C@@H]2C(=O)NN=C2C)c1. The van der Waals surface area contributed by atoms with E-state index in [-0.39, 0.29) is 18.2 Å². The summed E-state index contributed by atoms with van der Waals surface area (Å²) in [5.74, 6) is 0.0438. The van der Waals surface area contributed by atoms with Gasteiger partial charge in [0.2, 0.25) is 11.8 Å². The van der Waals surface area contributed by atoms with E-state index >= 15 is 0 Å². The number of amides is 2. The number of nitrogens with zero attached hydrogens (tertiary/aromatic N) is 2. The lowest BCUT2D eigenvalue weighted by atomic mass is 10.0. The second kappa shape index (κ2) is 7.39. The minimum Gasteiger partial charge on any atom is -0.497 e. The molecule has 0 unspecified atom stereocenters. The molecule has 0 bridgehead atoms. The number of benzene rings is 1. The van der Waals surface area contributed by atoms with Crippen LogP contribution in [0.2, 0.25) is 0 Å². The van der Waals surface area contributed by atoms with Crippen molar-refractivity contribution in [3.05, 3.63) is 23.8 Å². The van der Waals surface area contributed by atoms with Crippen LogP contribution in [-0.4, -0.2) is 38.0 Å². The summed E-state index contributed by atoms with van der Waals surface area (Å²) in [7, 11) is 3.10. The van der Waals surface area contributed by atoms with Crippen molar-refractivity contribution in [2.24, 2.45) is 16.1 Å². The Hall–Kier alpha value is -2.90. The third kappa shape index (κ3) is 4.06. The van der Waals surface area contributed by atoms with Gasteiger partial charge in [-0.25, -0.2) is 10.9 Å². The van der Waals surface area contributed by atoms with E-state index in [0.717, 1.165) is 0 Å². The highest BCUT2D eigenvalue weighted by molar-refractivity contribution is 6.09. The maximum absolute atomic E-state index is 11.8. The maximum Gasteiger partial charge on any atom is 0.249 e. The number of methoxy groups -OCH3 is 2. The van der Waals surface area contributed by atoms with Crippen LogP contribution in [-0.2, 0) is 9.59 Å². The average molecular weight is 318 g/mol. The summed E-state index contributed by atoms with van der Waals surface area (Å²) in [4.78, 5) is 23.3. The van der Waals surface area contributed by atoms with Crippen LogP contribution in [0.1, 0.15) is 18.9 Å². The topological polar surface area (TPSA) is 101 Å². The lowest BCUT2D eigenvalue weighted by Gasteiger charge is -2.07. The number of hydrogen-bond donors (Lipinski definition) is 2. The zero-order valence-electron chi connectivity index (χ0n) is 13.1. The molecule has 0 spiro atoms. The van der Waals surface area contributed by atoms with E-state index < -0.39 is 5.92 Å². The number of carbonyl (C=O) groups is 2. The largest absolute Gasteiger partial charge is 0.497 e. The minimum atomic E-state index is -0.545. The van der Waals surface area contributed by atoms with Crippen LogP contribution < -0.4 is 20.3 Å². The van der Waals surface area contributed by atoms with E-state index in [2.05, 4.69) is 21.1 Å². The quantitative estimate of drug-likeness (QED) is 0.594. The molecule has 122 valence electrons. The first-order chi connectivity index (χ1) is 11.0. The van der Waals surface area contributed by atoms with Gasteiger partial charge in [0.05, 0.1) is 26.4 Å². The molecule has 1 aromatic carbocycles. The van der Waals surface area contributed by atoms with Gasteiger partial charge in [0, 0.05) is 17.7 Å². The second-order valence-corrected chi connectivity index (χ2v) is 4.89. The Balaban J connectivity index is 1.97. The molecule has 0 aromatic heterocycles. The molecule has 0 saturated carbocycles. The Kier molecular flexibility index (Phi) is 5.29. The van der Waals surface area contributed by atoms with Crippen molar-refractivity contribution in [2.75, 3.05) is 14.2 Å². The molecule has 1 aromatic rings. The van der Waals surface area contributed by atoms with E-state index in [1.165, 1.54) is 6.21 Å². The van der Waals surface area contributed by atoms with E-state index in [1.54, 1.807) is 39.3 Å². The molecule has 23 heavy (non-hydrogen) atoms. The molecule has 0 aliphatic carbocycles. The van der Waals surface area contributed by atoms with Crippen LogP contribution in [0.4, 0.5) is 0 Å². The fraction of sp³-hybridized carbons (Fsp3) is 0.333. The van der Waals surface area contributed by atoms with Gasteiger partial charge in [-0.05, 0) is 25.1 Å². The first kappa shape index (κ1) is 16.5. The number of hydrogen-bond acceptors (Lipinski definition) is 6. The minimum absolute atomic E-state index is 0.00620. The Morgan fingerprint density at radius 2 is 2.22 bits per heavy atom. The molecule has 8 nitrogen and oxygen atoms in total. The third-order valence-electron chi connectivity index (χ3n) is 3.38. The van der Waals surface area contributed by atoms with Crippen LogP contribution in [0.25, 0.3) is 0 Å². The third-order valence-corrected chi connectivity index (χ3v) is 3.38. The van der Waals surface area contributed by atoms with Gasteiger partial charge in [0.25, 0.3) is 0 Å². The second-order valence-electron chi connectivity index (χ2n) is 4.89. The van der Waals surface area contributed by atoms with Crippen LogP contribution in [0, 0.1) is 5.92 Å². The molecule has 1 aliphatic heterocycles. The van der Waals surface area contributed by atoms with Crippen molar-refractivity contribution in [3.8, 4) is 11.5 Å². The summed E-state index contributed by atoms with van der Waals surface area (Å²) in [5.41, 5.74) is 5.96. The molecule has 0 saturated heterocycles. The van der Waals surface area contributed by atoms with Crippen molar-refractivity contribution in [1.29, 1.82) is 0 Å². The van der Waals surface area contributed by atoms with E-state index in [0.29, 0.717) is 22.8 Å². The van der Waals surface area contributed by atoms with Gasteiger partial charge < -0.3 is 9.47 Å². The van der Waals surface area contributed by atoms with Gasteiger partial charge in [0.15, 0.2) is 0 Å². The molecule has 2 rings (SSSR count). The Morgan fingerprint density at radius 1 is 1.43 bits per heavy atom. The zero-order valence-corrected chi connectivity index (χ0v) is 13.1. The summed E-state index contributed by atoms with van der Waals surface area (Å²) < 4.78 is 10.3. The fourth-order valence-electron chi connectivity index (χ4n) is 2.07. The summed E-state index contributed by atoms with van der Waals surface area (Å²) in [6.45, 7) is 1.69. The first-order valence-electron chi connectivity index (χ1n) is 6.93. The molecule has 1 aliphatic rings. The number of hydrazone groups is 2. The van der Waals surface area contributed by atoms with E-state index in [9.17, 15) is 9.59 Å². The highest BCUT2D eigenvalue weighted by Gasteiger charge is 2.28. The summed E-state index contributed by atoms with van der Waals surface area (Å²) in [6.07, 6.45) is 1.45. The zero-order chi connectivity index (χ0) is 16.8. The predicted molar refractivity (Wildman–Crippen MR) is 84.6 cm³/mol. The average Bonchev–Trinajstić information content (AvgIpc) is 2.86. The lowest BCUT2D eigenvalue weighted by molar-refractivity contribution is -0.127. The van der Waals surface area contributed by atoms with Gasteiger partial charge in [-0.2, -0.15) is 10.2 Å². The molecule has 0 radical (unpaired) electrons. The molecule has 2 amide bonds. The Bertz CT molecular complexity index is 669. The molecule has 1 atom stereocenters. The van der Waals surface area contributed by atoms with Gasteiger partial charge in [-0.15, -0.1) is 0 Å². The van der Waals surface area contributed by atoms with Crippen LogP contribution in [0.3, 0.4) is 0 Å². The number of ether oxygens (including phenoxy) is 2. The maximum atomic E-state index is 11.8. The van der Waals surface area contributed by atoms with Crippen LogP contribution in [0.15, 0.2) is 28.4 Å². The number of carbonyl (C=O) groups excluding carboxylic acids is 2. The van der Waals surface area contributed by atoms with E-state index in [1.807, 2.05) is 0 Å². The van der Waals surface area contributed by atoms with Gasteiger partial charge in [0.1, 0.15) is 11.5 Å². The highest BCUT2D eigenvalue weighted by atomic mass is 16.5. The van der Waals surface area contributed by atoms with Gasteiger partial charge >= 0.3 is 0 Å². The summed E-state index contributed by atoms with van der Waals surface area (Å²) >= 11 is 0. The van der Waals surface area contributed by atoms with Crippen LogP contribution >= 0.6 is 0 Å². The molecule has 8 heteroatoms. The molecule has 1 heterocycles. The van der Waals surface area contributed by atoms with Crippen LogP contribution in [0.5, 0.6) is 11.5 Å². The molecular weight excluding hydrogens is 300 g/mol. The van der Waals surface area contributed by atoms with Gasteiger partial charge in [-0.1, -0.05) is 0 Å². The van der Waals surface area contributed by atoms with Gasteiger partial charge in [-0.3, -0.25) is 9.59 Å². The van der Waals surface area contributed by atoms with Crippen molar-refractivity contribution in [3.63, 3.8) is 0 Å². The highest BCUT2D eigenvalue weighted by Crippen LogP contribution is 2.22. The normalized spacial score (nSPS) is 16.9. The standard InChI is InChI=1S/C15H18N4O4/c1-9-12(15(21)19-17-9)7-14(20)18-16-8-10-6-11(22-2)4-5-13(10)23-3/h4-6,8,12H,7H2,1-3H3,(H,18,20)(H,19,21)/b16-8-/t12-/m0/s1.